The average molecular weight is 268 g/mol. The van der Waals surface area contributed by atoms with Crippen LogP contribution >= 0.6 is 0 Å². The molecule has 0 aliphatic carbocycles. The minimum atomic E-state index is -0.442. The Morgan fingerprint density at radius 1 is 1.37 bits per heavy atom. The quantitative estimate of drug-likeness (QED) is 0.795. The lowest BCUT2D eigenvalue weighted by Gasteiger charge is -2.21. The van der Waals surface area contributed by atoms with Gasteiger partial charge < -0.3 is 15.8 Å². The first-order valence-corrected chi connectivity index (χ1v) is 6.46. The third kappa shape index (κ3) is 3.19. The van der Waals surface area contributed by atoms with Crippen LogP contribution in [0.1, 0.15) is 39.3 Å². The first-order chi connectivity index (χ1) is 8.79. The molecule has 6 heteroatoms. The summed E-state index contributed by atoms with van der Waals surface area (Å²) in [5, 5.41) is 7.53. The first kappa shape index (κ1) is 15.3. The maximum atomic E-state index is 11.8. The third-order valence-corrected chi connectivity index (χ3v) is 3.07. The van der Waals surface area contributed by atoms with Crippen molar-refractivity contribution in [3.05, 3.63) is 5.69 Å². The number of nitrogens with two attached hydrogens (primary N) is 1. The van der Waals surface area contributed by atoms with E-state index in [0.29, 0.717) is 11.5 Å². The summed E-state index contributed by atoms with van der Waals surface area (Å²) >= 11 is 0. The highest BCUT2D eigenvalue weighted by Crippen LogP contribution is 2.29. The lowest BCUT2D eigenvalue weighted by molar-refractivity contribution is -0.142. The van der Waals surface area contributed by atoms with Crippen LogP contribution in [-0.2, 0) is 16.6 Å². The maximum Gasteiger partial charge on any atom is 0.328 e. The topological polar surface area (TPSA) is 82.2 Å². The highest BCUT2D eigenvalue weighted by molar-refractivity contribution is 5.81. The van der Waals surface area contributed by atoms with E-state index in [1.54, 1.807) is 11.7 Å². The van der Waals surface area contributed by atoms with Crippen LogP contribution in [-0.4, -0.2) is 28.9 Å². The maximum absolute atomic E-state index is 11.8. The van der Waals surface area contributed by atoms with Gasteiger partial charge in [0.2, 0.25) is 0 Å². The largest absolute Gasteiger partial charge is 0.467 e. The van der Waals surface area contributed by atoms with Crippen LogP contribution in [0, 0.1) is 5.92 Å². The smallest absolute Gasteiger partial charge is 0.328 e. The Morgan fingerprint density at radius 3 is 2.32 bits per heavy atom. The molecular formula is C13H24N4O2. The molecule has 0 radical (unpaired) electrons. The molecule has 0 saturated heterocycles. The predicted molar refractivity (Wildman–Crippen MR) is 76.0 cm³/mol. The lowest BCUT2D eigenvalue weighted by Crippen LogP contribution is -2.36. The number of nitrogens with zero attached hydrogens (tertiary/aromatic N) is 2. The summed E-state index contributed by atoms with van der Waals surface area (Å²) in [5.41, 5.74) is 7.52. The molecule has 6 nitrogen and oxygen atoms in total. The number of aromatic nitrogens is 2. The van der Waals surface area contributed by atoms with Crippen molar-refractivity contribution < 1.29 is 9.53 Å². The highest BCUT2D eigenvalue weighted by atomic mass is 16.5. The van der Waals surface area contributed by atoms with Gasteiger partial charge in [-0.25, -0.2) is 4.79 Å². The van der Waals surface area contributed by atoms with Crippen LogP contribution in [0.2, 0.25) is 0 Å². The Hall–Kier alpha value is -1.72. The second-order valence-electron chi connectivity index (χ2n) is 5.32. The van der Waals surface area contributed by atoms with E-state index in [-0.39, 0.29) is 17.8 Å². The second-order valence-corrected chi connectivity index (χ2v) is 5.32. The second kappa shape index (κ2) is 5.95. The zero-order valence-electron chi connectivity index (χ0n) is 12.5. The number of methoxy groups -OCH3 is 1. The van der Waals surface area contributed by atoms with Gasteiger partial charge in [0.05, 0.1) is 18.5 Å². The number of hydrogen-bond acceptors (Lipinski definition) is 5. The van der Waals surface area contributed by atoms with Crippen LogP contribution in [0.15, 0.2) is 0 Å². The number of ether oxygens (including phenoxy) is 1. The minimum absolute atomic E-state index is 0.0873. The van der Waals surface area contributed by atoms with Crippen molar-refractivity contribution in [3.63, 3.8) is 0 Å². The number of anilines is 2. The lowest BCUT2D eigenvalue weighted by atomic mass is 10.0. The Kier molecular flexibility index (Phi) is 4.80. The van der Waals surface area contributed by atoms with Crippen LogP contribution in [0.5, 0.6) is 0 Å². The molecule has 3 N–H and O–H groups in total. The van der Waals surface area contributed by atoms with Gasteiger partial charge >= 0.3 is 5.97 Å². The summed E-state index contributed by atoms with van der Waals surface area (Å²) in [6, 6.07) is -0.442. The van der Waals surface area contributed by atoms with E-state index in [9.17, 15) is 4.79 Å². The zero-order chi connectivity index (χ0) is 14.7. The van der Waals surface area contributed by atoms with Crippen LogP contribution in [0.3, 0.4) is 0 Å². The Labute approximate surface area is 114 Å². The van der Waals surface area contributed by atoms with Crippen molar-refractivity contribution in [3.8, 4) is 0 Å². The molecule has 0 aliphatic heterocycles. The summed E-state index contributed by atoms with van der Waals surface area (Å²) in [5.74, 6) is 0.677. The molecule has 0 saturated carbocycles. The number of carbonyl (C=O) groups is 1. The molecule has 0 fully saturated rings. The van der Waals surface area contributed by atoms with Crippen molar-refractivity contribution in [2.24, 2.45) is 13.0 Å². The minimum Gasteiger partial charge on any atom is -0.467 e. The van der Waals surface area contributed by atoms with Crippen molar-refractivity contribution >= 4 is 17.5 Å². The third-order valence-electron chi connectivity index (χ3n) is 3.07. The molecule has 1 heterocycles. The molecule has 19 heavy (non-hydrogen) atoms. The average Bonchev–Trinajstić information content (AvgIpc) is 2.61. The van der Waals surface area contributed by atoms with Gasteiger partial charge in [0.1, 0.15) is 11.9 Å². The zero-order valence-corrected chi connectivity index (χ0v) is 12.5. The van der Waals surface area contributed by atoms with Gasteiger partial charge in [-0.2, -0.15) is 5.10 Å². The van der Waals surface area contributed by atoms with Gasteiger partial charge in [0.25, 0.3) is 0 Å². The number of aryl methyl sites for hydroxylation is 1. The Morgan fingerprint density at radius 2 is 1.95 bits per heavy atom. The molecule has 0 bridgehead atoms. The fourth-order valence-corrected chi connectivity index (χ4v) is 1.93. The van der Waals surface area contributed by atoms with Gasteiger partial charge in [0, 0.05) is 7.05 Å². The van der Waals surface area contributed by atoms with Crippen LogP contribution in [0.25, 0.3) is 0 Å². The van der Waals surface area contributed by atoms with E-state index in [0.717, 1.165) is 5.69 Å². The van der Waals surface area contributed by atoms with Gasteiger partial charge in [-0.1, -0.05) is 27.7 Å². The molecule has 1 aromatic heterocycles. The van der Waals surface area contributed by atoms with Gasteiger partial charge in [-0.3, -0.25) is 4.68 Å². The Balaban J connectivity index is 3.07. The Bertz CT molecular complexity index is 452. The molecule has 0 spiro atoms. The fourth-order valence-electron chi connectivity index (χ4n) is 1.93. The van der Waals surface area contributed by atoms with Gasteiger partial charge in [0.15, 0.2) is 0 Å². The van der Waals surface area contributed by atoms with E-state index in [1.807, 2.05) is 27.7 Å². The van der Waals surface area contributed by atoms with Gasteiger partial charge in [-0.15, -0.1) is 0 Å². The number of hydrogen-bond donors (Lipinski definition) is 2. The number of esters is 1. The summed E-state index contributed by atoms with van der Waals surface area (Å²) in [6.45, 7) is 7.96. The van der Waals surface area contributed by atoms with Crippen molar-refractivity contribution in [1.82, 2.24) is 9.78 Å². The van der Waals surface area contributed by atoms with E-state index in [2.05, 4.69) is 10.4 Å². The van der Waals surface area contributed by atoms with Crippen molar-refractivity contribution in [1.29, 1.82) is 0 Å². The first-order valence-electron chi connectivity index (χ1n) is 6.46. The molecule has 108 valence electrons. The van der Waals surface area contributed by atoms with E-state index in [1.165, 1.54) is 7.11 Å². The standard InChI is InChI=1S/C13H24N4O2/c1-7(2)10-9(14)12(17(5)16-10)15-11(8(3)4)13(18)19-6/h7-8,11,15H,14H2,1-6H3. The van der Waals surface area contributed by atoms with Crippen LogP contribution < -0.4 is 11.1 Å². The predicted octanol–water partition coefficient (Wildman–Crippen LogP) is 1.74. The van der Waals surface area contributed by atoms with E-state index in [4.69, 9.17) is 10.5 Å². The molecule has 1 atom stereocenters. The van der Waals surface area contributed by atoms with Crippen molar-refractivity contribution in [2.75, 3.05) is 18.2 Å². The fraction of sp³-hybridized carbons (Fsp3) is 0.692. The number of rotatable bonds is 5. The van der Waals surface area contributed by atoms with Crippen LogP contribution in [0.4, 0.5) is 11.5 Å². The molecule has 0 aromatic carbocycles. The molecule has 1 unspecified atom stereocenters. The summed E-state index contributed by atoms with van der Waals surface area (Å²) < 4.78 is 6.48. The molecule has 0 amide bonds. The monoisotopic (exact) mass is 268 g/mol. The number of carbonyl (C=O) groups excluding carboxylic acids is 1. The molecule has 1 rings (SSSR count). The summed E-state index contributed by atoms with van der Waals surface area (Å²) in [6.07, 6.45) is 0. The SMILES string of the molecule is COC(=O)C(Nc1c(N)c(C(C)C)nn1C)C(C)C. The summed E-state index contributed by atoms with van der Waals surface area (Å²) in [7, 11) is 3.19. The normalized spacial score (nSPS) is 12.8. The van der Waals surface area contributed by atoms with E-state index < -0.39 is 6.04 Å². The highest BCUT2D eigenvalue weighted by Gasteiger charge is 2.26. The molecular weight excluding hydrogens is 244 g/mol. The van der Waals surface area contributed by atoms with Crippen molar-refractivity contribution in [2.45, 2.75) is 39.7 Å². The number of nitrogen functional groups attached to an aromatic ring is 1. The van der Waals surface area contributed by atoms with Gasteiger partial charge in [-0.05, 0) is 11.8 Å². The molecule has 0 aliphatic rings. The number of nitrogens with one attached hydrogen (secondary N) is 1. The summed E-state index contributed by atoms with van der Waals surface area (Å²) in [4.78, 5) is 11.8. The molecule has 1 aromatic rings. The van der Waals surface area contributed by atoms with E-state index >= 15 is 0 Å².